The van der Waals surface area contributed by atoms with Crippen molar-refractivity contribution in [3.8, 4) is 0 Å². The van der Waals surface area contributed by atoms with E-state index in [2.05, 4.69) is 5.32 Å². The Bertz CT molecular complexity index is 213. The van der Waals surface area contributed by atoms with E-state index < -0.39 is 9.84 Å². The van der Waals surface area contributed by atoms with Gasteiger partial charge in [-0.2, -0.15) is 0 Å². The van der Waals surface area contributed by atoms with E-state index in [4.69, 9.17) is 5.73 Å². The van der Waals surface area contributed by atoms with Gasteiger partial charge in [0.25, 0.3) is 0 Å². The van der Waals surface area contributed by atoms with Crippen LogP contribution in [-0.2, 0) is 9.84 Å². The molecule has 0 spiro atoms. The highest BCUT2D eigenvalue weighted by Gasteiger charge is 2.14. The lowest BCUT2D eigenvalue weighted by atomic mass is 10.3. The molecule has 0 amide bonds. The maximum Gasteiger partial charge on any atom is 0.151 e. The maximum atomic E-state index is 11.0. The van der Waals surface area contributed by atoms with Crippen molar-refractivity contribution in [1.82, 2.24) is 5.32 Å². The van der Waals surface area contributed by atoms with Crippen LogP contribution in [0.5, 0.6) is 0 Å². The van der Waals surface area contributed by atoms with Crippen molar-refractivity contribution < 1.29 is 8.42 Å². The monoisotopic (exact) mass is 194 g/mol. The van der Waals surface area contributed by atoms with Crippen LogP contribution in [0.15, 0.2) is 0 Å². The van der Waals surface area contributed by atoms with Crippen LogP contribution in [0, 0.1) is 0 Å². The Labute approximate surface area is 74.4 Å². The van der Waals surface area contributed by atoms with Gasteiger partial charge in [-0.15, -0.1) is 0 Å². The summed E-state index contributed by atoms with van der Waals surface area (Å²) < 4.78 is 21.9. The van der Waals surface area contributed by atoms with Crippen LogP contribution in [0.1, 0.15) is 13.8 Å². The molecule has 0 fully saturated rings. The van der Waals surface area contributed by atoms with Gasteiger partial charge in [0.1, 0.15) is 0 Å². The van der Waals surface area contributed by atoms with Crippen LogP contribution in [0.2, 0.25) is 0 Å². The van der Waals surface area contributed by atoms with Crippen LogP contribution in [0.3, 0.4) is 0 Å². The molecule has 0 aliphatic heterocycles. The summed E-state index contributed by atoms with van der Waals surface area (Å²) in [4.78, 5) is 0. The molecule has 0 aliphatic carbocycles. The zero-order valence-electron chi connectivity index (χ0n) is 7.87. The molecule has 0 saturated carbocycles. The Morgan fingerprint density at radius 3 is 2.25 bits per heavy atom. The van der Waals surface area contributed by atoms with Crippen LogP contribution in [0.25, 0.3) is 0 Å². The molecule has 0 rings (SSSR count). The highest BCUT2D eigenvalue weighted by Crippen LogP contribution is 1.95. The molecule has 0 aliphatic rings. The molecule has 5 heteroatoms. The number of hydrogen-bond acceptors (Lipinski definition) is 4. The highest BCUT2D eigenvalue weighted by atomic mass is 32.2. The molecule has 0 heterocycles. The van der Waals surface area contributed by atoms with Gasteiger partial charge in [-0.1, -0.05) is 0 Å². The van der Waals surface area contributed by atoms with E-state index in [9.17, 15) is 8.42 Å². The van der Waals surface area contributed by atoms with Gasteiger partial charge in [0.2, 0.25) is 0 Å². The molecule has 0 radical (unpaired) electrons. The predicted octanol–water partition coefficient (Wildman–Crippen LogP) is -0.644. The average molecular weight is 194 g/mol. The van der Waals surface area contributed by atoms with E-state index in [0.29, 0.717) is 13.1 Å². The van der Waals surface area contributed by atoms with E-state index in [1.807, 2.05) is 6.92 Å². The lowest BCUT2D eigenvalue weighted by Gasteiger charge is -2.14. The van der Waals surface area contributed by atoms with Crippen molar-refractivity contribution in [2.75, 3.05) is 19.3 Å². The average Bonchev–Trinajstić information content (AvgIpc) is 1.97. The van der Waals surface area contributed by atoms with Crippen molar-refractivity contribution in [1.29, 1.82) is 0 Å². The molecule has 4 nitrogen and oxygen atoms in total. The highest BCUT2D eigenvalue weighted by molar-refractivity contribution is 7.91. The van der Waals surface area contributed by atoms with Crippen molar-refractivity contribution in [3.63, 3.8) is 0 Å². The Hall–Kier alpha value is -0.130. The Kier molecular flexibility index (Phi) is 4.74. The zero-order chi connectivity index (χ0) is 9.78. The van der Waals surface area contributed by atoms with Crippen molar-refractivity contribution >= 4 is 9.84 Å². The third kappa shape index (κ3) is 4.69. The Balaban J connectivity index is 3.80. The van der Waals surface area contributed by atoms with Crippen LogP contribution < -0.4 is 11.1 Å². The fourth-order valence-corrected chi connectivity index (χ4v) is 1.00. The number of rotatable bonds is 5. The smallest absolute Gasteiger partial charge is 0.151 e. The van der Waals surface area contributed by atoms with Gasteiger partial charge in [-0.25, -0.2) is 8.42 Å². The van der Waals surface area contributed by atoms with Gasteiger partial charge in [0.05, 0.1) is 5.25 Å². The van der Waals surface area contributed by atoms with E-state index in [1.54, 1.807) is 6.92 Å². The minimum atomic E-state index is -2.91. The molecule has 74 valence electrons. The van der Waals surface area contributed by atoms with Crippen molar-refractivity contribution in [2.45, 2.75) is 25.1 Å². The molecule has 0 aromatic heterocycles. The molecule has 3 N–H and O–H groups in total. The second-order valence-electron chi connectivity index (χ2n) is 3.19. The largest absolute Gasteiger partial charge is 0.329 e. The van der Waals surface area contributed by atoms with Gasteiger partial charge >= 0.3 is 0 Å². The third-order valence-electron chi connectivity index (χ3n) is 1.84. The molecular weight excluding hydrogens is 176 g/mol. The van der Waals surface area contributed by atoms with Crippen molar-refractivity contribution in [3.05, 3.63) is 0 Å². The minimum Gasteiger partial charge on any atom is -0.329 e. The van der Waals surface area contributed by atoms with Crippen LogP contribution in [-0.4, -0.2) is 39.1 Å². The first-order chi connectivity index (χ1) is 5.38. The summed E-state index contributed by atoms with van der Waals surface area (Å²) in [5.41, 5.74) is 5.36. The Morgan fingerprint density at radius 2 is 1.92 bits per heavy atom. The second kappa shape index (κ2) is 4.79. The fraction of sp³-hybridized carbons (Fsp3) is 1.00. The summed E-state index contributed by atoms with van der Waals surface area (Å²) in [6, 6.07) is 0.175. The molecule has 0 saturated heterocycles. The molecule has 0 bridgehead atoms. The number of sulfone groups is 1. The molecular formula is C7H18N2O2S. The summed E-state index contributed by atoms with van der Waals surface area (Å²) in [7, 11) is -2.91. The topological polar surface area (TPSA) is 72.2 Å². The SMILES string of the molecule is CC(CN[C@@H](C)CN)S(C)(=O)=O. The van der Waals surface area contributed by atoms with E-state index in [1.165, 1.54) is 6.26 Å². The molecule has 1 unspecified atom stereocenters. The zero-order valence-corrected chi connectivity index (χ0v) is 8.69. The predicted molar refractivity (Wildman–Crippen MR) is 50.8 cm³/mol. The lowest BCUT2D eigenvalue weighted by Crippen LogP contribution is -2.39. The van der Waals surface area contributed by atoms with Gasteiger partial charge < -0.3 is 11.1 Å². The normalized spacial score (nSPS) is 17.3. The van der Waals surface area contributed by atoms with E-state index in [-0.39, 0.29) is 11.3 Å². The molecule has 2 atom stereocenters. The Morgan fingerprint density at radius 1 is 1.42 bits per heavy atom. The van der Waals surface area contributed by atoms with Crippen LogP contribution in [0.4, 0.5) is 0 Å². The van der Waals surface area contributed by atoms with E-state index >= 15 is 0 Å². The third-order valence-corrected chi connectivity index (χ3v) is 3.47. The molecule has 0 aromatic carbocycles. The molecule has 0 aromatic rings. The number of nitrogens with two attached hydrogens (primary N) is 1. The van der Waals surface area contributed by atoms with Gasteiger partial charge in [-0.3, -0.25) is 0 Å². The van der Waals surface area contributed by atoms with Gasteiger partial charge in [0.15, 0.2) is 9.84 Å². The first kappa shape index (κ1) is 11.9. The first-order valence-corrected chi connectivity index (χ1v) is 5.95. The first-order valence-electron chi connectivity index (χ1n) is 4.00. The number of hydrogen-bond donors (Lipinski definition) is 2. The quantitative estimate of drug-likeness (QED) is 0.610. The fourth-order valence-electron chi connectivity index (χ4n) is 0.602. The van der Waals surface area contributed by atoms with Gasteiger partial charge in [0, 0.05) is 25.4 Å². The summed E-state index contributed by atoms with van der Waals surface area (Å²) in [5.74, 6) is 0. The van der Waals surface area contributed by atoms with Crippen LogP contribution >= 0.6 is 0 Å². The molecule has 12 heavy (non-hydrogen) atoms. The summed E-state index contributed by atoms with van der Waals surface area (Å²) >= 11 is 0. The van der Waals surface area contributed by atoms with Gasteiger partial charge in [-0.05, 0) is 13.8 Å². The minimum absolute atomic E-state index is 0.175. The van der Waals surface area contributed by atoms with E-state index in [0.717, 1.165) is 0 Å². The second-order valence-corrected chi connectivity index (χ2v) is 5.65. The number of nitrogens with one attached hydrogen (secondary N) is 1. The summed E-state index contributed by atoms with van der Waals surface area (Å²) in [6.07, 6.45) is 1.24. The lowest BCUT2D eigenvalue weighted by molar-refractivity contribution is 0.537. The van der Waals surface area contributed by atoms with Crippen molar-refractivity contribution in [2.24, 2.45) is 5.73 Å². The standard InChI is InChI=1S/C7H18N2O2S/c1-6(4-8)9-5-7(2)12(3,10)11/h6-7,9H,4-5,8H2,1-3H3/t6-,7?/m0/s1. The summed E-state index contributed by atoms with van der Waals surface area (Å²) in [6.45, 7) is 4.61. The summed E-state index contributed by atoms with van der Waals surface area (Å²) in [5, 5.41) is 2.69. The maximum absolute atomic E-state index is 11.0.